The lowest BCUT2D eigenvalue weighted by atomic mass is 10.2. The zero-order valence-corrected chi connectivity index (χ0v) is 14.1. The third kappa shape index (κ3) is 3.87. The zero-order valence-electron chi connectivity index (χ0n) is 12.5. The Kier molecular flexibility index (Phi) is 5.21. The lowest BCUT2D eigenvalue weighted by Crippen LogP contribution is -2.21. The van der Waals surface area contributed by atoms with E-state index in [2.05, 4.69) is 5.32 Å². The van der Waals surface area contributed by atoms with Gasteiger partial charge >= 0.3 is 5.97 Å². The van der Waals surface area contributed by atoms with E-state index in [9.17, 15) is 9.59 Å². The molecule has 0 fully saturated rings. The summed E-state index contributed by atoms with van der Waals surface area (Å²) < 4.78 is 5.05. The second-order valence-electron chi connectivity index (χ2n) is 4.86. The molecule has 0 aliphatic carbocycles. The SMILES string of the molecule is Cc1cc(C(=O)OCC(=O)Nc2cccc(Cl)c2C)c(C)s1. The first-order valence-corrected chi connectivity index (χ1v) is 7.87. The van der Waals surface area contributed by atoms with E-state index in [1.165, 1.54) is 11.3 Å². The molecular weight excluding hydrogens is 322 g/mol. The van der Waals surface area contributed by atoms with Gasteiger partial charge in [0.25, 0.3) is 5.91 Å². The van der Waals surface area contributed by atoms with Crippen LogP contribution in [-0.4, -0.2) is 18.5 Å². The number of ether oxygens (including phenoxy) is 1. The van der Waals surface area contributed by atoms with Crippen LogP contribution in [-0.2, 0) is 9.53 Å². The van der Waals surface area contributed by atoms with Gasteiger partial charge in [0.15, 0.2) is 6.61 Å². The molecule has 22 heavy (non-hydrogen) atoms. The van der Waals surface area contributed by atoms with E-state index in [1.54, 1.807) is 31.2 Å². The predicted molar refractivity (Wildman–Crippen MR) is 88.9 cm³/mol. The van der Waals surface area contributed by atoms with E-state index in [-0.39, 0.29) is 6.61 Å². The van der Waals surface area contributed by atoms with E-state index in [4.69, 9.17) is 16.3 Å². The molecule has 1 aromatic heterocycles. The van der Waals surface area contributed by atoms with Crippen LogP contribution in [0.25, 0.3) is 0 Å². The molecule has 0 spiro atoms. The van der Waals surface area contributed by atoms with Crippen LogP contribution in [0.5, 0.6) is 0 Å². The van der Waals surface area contributed by atoms with Crippen LogP contribution in [0.15, 0.2) is 24.3 Å². The van der Waals surface area contributed by atoms with E-state index in [0.29, 0.717) is 16.3 Å². The van der Waals surface area contributed by atoms with Crippen LogP contribution in [0, 0.1) is 20.8 Å². The summed E-state index contributed by atoms with van der Waals surface area (Å²) >= 11 is 7.51. The highest BCUT2D eigenvalue weighted by molar-refractivity contribution is 7.12. The largest absolute Gasteiger partial charge is 0.452 e. The smallest absolute Gasteiger partial charge is 0.339 e. The van der Waals surface area contributed by atoms with Crippen molar-refractivity contribution in [2.24, 2.45) is 0 Å². The third-order valence-corrected chi connectivity index (χ3v) is 4.51. The fraction of sp³-hybridized carbons (Fsp3) is 0.250. The normalized spacial score (nSPS) is 10.4. The Morgan fingerprint density at radius 1 is 1.27 bits per heavy atom. The average Bonchev–Trinajstić information content (AvgIpc) is 2.80. The minimum Gasteiger partial charge on any atom is -0.452 e. The fourth-order valence-corrected chi connectivity index (χ4v) is 3.06. The number of aryl methyl sites for hydroxylation is 2. The van der Waals surface area contributed by atoms with Gasteiger partial charge in [0.05, 0.1) is 5.56 Å². The van der Waals surface area contributed by atoms with Gasteiger partial charge in [-0.25, -0.2) is 4.79 Å². The Hall–Kier alpha value is -1.85. The van der Waals surface area contributed by atoms with E-state index in [1.807, 2.05) is 13.8 Å². The quantitative estimate of drug-likeness (QED) is 0.854. The number of anilines is 1. The summed E-state index contributed by atoms with van der Waals surface area (Å²) in [6, 6.07) is 7.00. The molecule has 4 nitrogen and oxygen atoms in total. The lowest BCUT2D eigenvalue weighted by molar-refractivity contribution is -0.119. The van der Waals surface area contributed by atoms with E-state index >= 15 is 0 Å². The number of rotatable bonds is 4. The van der Waals surface area contributed by atoms with Gasteiger partial charge in [0.1, 0.15) is 0 Å². The van der Waals surface area contributed by atoms with E-state index < -0.39 is 11.9 Å². The zero-order chi connectivity index (χ0) is 16.3. The summed E-state index contributed by atoms with van der Waals surface area (Å²) in [5.74, 6) is -0.886. The highest BCUT2D eigenvalue weighted by Crippen LogP contribution is 2.23. The molecule has 0 aliphatic rings. The van der Waals surface area contributed by atoms with Gasteiger partial charge in [-0.05, 0) is 44.5 Å². The maximum absolute atomic E-state index is 11.9. The highest BCUT2D eigenvalue weighted by atomic mass is 35.5. The standard InChI is InChI=1S/C16H16ClNO3S/c1-9-7-12(11(3)22-9)16(20)21-8-15(19)18-14-6-4-5-13(17)10(14)2/h4-7H,8H2,1-3H3,(H,18,19). The summed E-state index contributed by atoms with van der Waals surface area (Å²) in [6.07, 6.45) is 0. The maximum Gasteiger partial charge on any atom is 0.339 e. The lowest BCUT2D eigenvalue weighted by Gasteiger charge is -2.09. The molecule has 1 heterocycles. The molecule has 1 aromatic carbocycles. The molecule has 116 valence electrons. The molecule has 0 saturated heterocycles. The van der Waals surface area contributed by atoms with Crippen LogP contribution in [0.1, 0.15) is 25.7 Å². The Balaban J connectivity index is 1.94. The number of hydrogen-bond donors (Lipinski definition) is 1. The van der Waals surface area contributed by atoms with Gasteiger partial charge in [0.2, 0.25) is 0 Å². The molecule has 2 rings (SSSR count). The number of halogens is 1. The summed E-state index contributed by atoms with van der Waals surface area (Å²) in [7, 11) is 0. The predicted octanol–water partition coefficient (Wildman–Crippen LogP) is 4.12. The number of carbonyl (C=O) groups is 2. The summed E-state index contributed by atoms with van der Waals surface area (Å²) in [4.78, 5) is 25.7. The number of benzene rings is 1. The molecular formula is C16H16ClNO3S. The Morgan fingerprint density at radius 3 is 2.64 bits per heavy atom. The monoisotopic (exact) mass is 337 g/mol. The maximum atomic E-state index is 11.9. The van der Waals surface area contributed by atoms with Crippen molar-refractivity contribution >= 4 is 40.5 Å². The molecule has 0 bridgehead atoms. The highest BCUT2D eigenvalue weighted by Gasteiger charge is 2.15. The first-order valence-electron chi connectivity index (χ1n) is 6.67. The van der Waals surface area contributed by atoms with Crippen molar-refractivity contribution in [3.8, 4) is 0 Å². The molecule has 0 saturated carbocycles. The number of esters is 1. The fourth-order valence-electron chi connectivity index (χ4n) is 1.97. The number of carbonyl (C=O) groups excluding carboxylic acids is 2. The van der Waals surface area contributed by atoms with Crippen molar-refractivity contribution in [1.29, 1.82) is 0 Å². The molecule has 0 unspecified atom stereocenters. The summed E-state index contributed by atoms with van der Waals surface area (Å²) in [5.41, 5.74) is 1.89. The number of amides is 1. The van der Waals surface area contributed by atoms with Crippen LogP contribution < -0.4 is 5.32 Å². The van der Waals surface area contributed by atoms with Crippen LogP contribution in [0.4, 0.5) is 5.69 Å². The van der Waals surface area contributed by atoms with Crippen LogP contribution in [0.3, 0.4) is 0 Å². The molecule has 1 N–H and O–H groups in total. The van der Waals surface area contributed by atoms with Crippen molar-refractivity contribution in [3.05, 3.63) is 50.2 Å². The molecule has 0 atom stereocenters. The first kappa shape index (κ1) is 16.5. The Bertz CT molecular complexity index is 724. The van der Waals surface area contributed by atoms with Crippen LogP contribution in [0.2, 0.25) is 5.02 Å². The van der Waals surface area contributed by atoms with Crippen molar-refractivity contribution in [2.45, 2.75) is 20.8 Å². The second-order valence-corrected chi connectivity index (χ2v) is 6.73. The van der Waals surface area contributed by atoms with Crippen molar-refractivity contribution in [3.63, 3.8) is 0 Å². The number of hydrogen-bond acceptors (Lipinski definition) is 4. The first-order chi connectivity index (χ1) is 10.4. The summed E-state index contributed by atoms with van der Waals surface area (Å²) in [5, 5.41) is 3.25. The van der Waals surface area contributed by atoms with Crippen LogP contribution >= 0.6 is 22.9 Å². The summed E-state index contributed by atoms with van der Waals surface area (Å²) in [6.45, 7) is 5.24. The topological polar surface area (TPSA) is 55.4 Å². The third-order valence-electron chi connectivity index (χ3n) is 3.14. The molecule has 0 aliphatic heterocycles. The number of thiophene rings is 1. The Labute approximate surface area is 138 Å². The van der Waals surface area contributed by atoms with Gasteiger partial charge in [0, 0.05) is 20.5 Å². The molecule has 6 heteroatoms. The Morgan fingerprint density at radius 2 is 2.00 bits per heavy atom. The molecule has 2 aromatic rings. The van der Waals surface area contributed by atoms with Gasteiger partial charge in [-0.15, -0.1) is 11.3 Å². The second kappa shape index (κ2) is 6.94. The van der Waals surface area contributed by atoms with Gasteiger partial charge < -0.3 is 10.1 Å². The minimum absolute atomic E-state index is 0.334. The van der Waals surface area contributed by atoms with Gasteiger partial charge in [-0.1, -0.05) is 17.7 Å². The van der Waals surface area contributed by atoms with Gasteiger partial charge in [-0.3, -0.25) is 4.79 Å². The van der Waals surface area contributed by atoms with Crippen molar-refractivity contribution < 1.29 is 14.3 Å². The van der Waals surface area contributed by atoms with Gasteiger partial charge in [-0.2, -0.15) is 0 Å². The molecule has 1 amide bonds. The van der Waals surface area contributed by atoms with E-state index in [0.717, 1.165) is 15.3 Å². The van der Waals surface area contributed by atoms with Crippen molar-refractivity contribution in [1.82, 2.24) is 0 Å². The number of nitrogens with one attached hydrogen (secondary N) is 1. The average molecular weight is 338 g/mol. The van der Waals surface area contributed by atoms with Crippen molar-refractivity contribution in [2.75, 3.05) is 11.9 Å². The minimum atomic E-state index is -0.486. The molecule has 0 radical (unpaired) electrons.